The second-order valence-electron chi connectivity index (χ2n) is 5.04. The minimum atomic E-state index is 0.238. The van der Waals surface area contributed by atoms with E-state index in [0.717, 1.165) is 25.9 Å². The molecular weight excluding hydrogens is 288 g/mol. The predicted octanol–water partition coefficient (Wildman–Crippen LogP) is 2.71. The van der Waals surface area contributed by atoms with Gasteiger partial charge in [0, 0.05) is 13.1 Å². The summed E-state index contributed by atoms with van der Waals surface area (Å²) >= 11 is 5.80. The molecule has 21 heavy (non-hydrogen) atoms. The predicted molar refractivity (Wildman–Crippen MR) is 81.3 cm³/mol. The second kappa shape index (κ2) is 6.83. The molecule has 6 heteroatoms. The second-order valence-corrected chi connectivity index (χ2v) is 5.38. The monoisotopic (exact) mass is 304 g/mol. The molecule has 1 aromatic carbocycles. The zero-order chi connectivity index (χ0) is 14.5. The van der Waals surface area contributed by atoms with Crippen LogP contribution in [0.25, 0.3) is 0 Å². The number of benzene rings is 1. The minimum Gasteiger partial charge on any atom is -0.373 e. The van der Waals surface area contributed by atoms with Crippen molar-refractivity contribution in [3.63, 3.8) is 0 Å². The zero-order valence-corrected chi connectivity index (χ0v) is 12.4. The van der Waals surface area contributed by atoms with E-state index in [-0.39, 0.29) is 5.28 Å². The standard InChI is InChI=1S/C15H17ClN4O/c16-14-17-11-18-15(19-14)20-8-6-13(7-9-20)21-10-12-4-2-1-3-5-12/h1-5,11,13H,6-10H2. The Kier molecular flexibility index (Phi) is 4.62. The Morgan fingerprint density at radius 3 is 2.62 bits per heavy atom. The van der Waals surface area contributed by atoms with Crippen LogP contribution in [0.5, 0.6) is 0 Å². The first-order valence-electron chi connectivity index (χ1n) is 7.06. The van der Waals surface area contributed by atoms with Crippen molar-refractivity contribution >= 4 is 17.5 Å². The summed E-state index contributed by atoms with van der Waals surface area (Å²) in [6.07, 6.45) is 3.67. The molecule has 0 atom stereocenters. The number of aromatic nitrogens is 3. The third kappa shape index (κ3) is 3.89. The van der Waals surface area contributed by atoms with Crippen molar-refractivity contribution < 1.29 is 4.74 Å². The molecule has 2 heterocycles. The molecule has 1 saturated heterocycles. The number of hydrogen-bond donors (Lipinski definition) is 0. The van der Waals surface area contributed by atoms with Crippen LogP contribution in [0, 0.1) is 0 Å². The van der Waals surface area contributed by atoms with Crippen molar-refractivity contribution in [2.75, 3.05) is 18.0 Å². The van der Waals surface area contributed by atoms with E-state index in [4.69, 9.17) is 16.3 Å². The van der Waals surface area contributed by atoms with Crippen LogP contribution in [0.2, 0.25) is 5.28 Å². The molecule has 3 rings (SSSR count). The molecule has 5 nitrogen and oxygen atoms in total. The van der Waals surface area contributed by atoms with Gasteiger partial charge in [0.15, 0.2) is 0 Å². The van der Waals surface area contributed by atoms with Crippen LogP contribution in [0.1, 0.15) is 18.4 Å². The number of piperidine rings is 1. The Hall–Kier alpha value is -1.72. The fourth-order valence-electron chi connectivity index (χ4n) is 2.43. The van der Waals surface area contributed by atoms with Gasteiger partial charge in [-0.2, -0.15) is 4.98 Å². The van der Waals surface area contributed by atoms with Crippen LogP contribution < -0.4 is 4.90 Å². The maximum atomic E-state index is 5.97. The zero-order valence-electron chi connectivity index (χ0n) is 11.7. The topological polar surface area (TPSA) is 51.1 Å². The van der Waals surface area contributed by atoms with E-state index in [1.54, 1.807) is 0 Å². The van der Waals surface area contributed by atoms with Crippen LogP contribution >= 0.6 is 11.6 Å². The van der Waals surface area contributed by atoms with Gasteiger partial charge < -0.3 is 9.64 Å². The molecule has 0 unspecified atom stereocenters. The quantitative estimate of drug-likeness (QED) is 0.869. The van der Waals surface area contributed by atoms with E-state index < -0.39 is 0 Å². The van der Waals surface area contributed by atoms with E-state index in [9.17, 15) is 0 Å². The Morgan fingerprint density at radius 1 is 1.14 bits per heavy atom. The van der Waals surface area contributed by atoms with Crippen molar-refractivity contribution in [3.05, 3.63) is 47.5 Å². The fourth-order valence-corrected chi connectivity index (χ4v) is 2.55. The summed E-state index contributed by atoms with van der Waals surface area (Å²) in [6.45, 7) is 2.42. The van der Waals surface area contributed by atoms with Crippen molar-refractivity contribution in [1.29, 1.82) is 0 Å². The molecule has 0 amide bonds. The molecule has 0 N–H and O–H groups in total. The molecule has 1 fully saturated rings. The van der Waals surface area contributed by atoms with Crippen molar-refractivity contribution in [1.82, 2.24) is 15.0 Å². The first kappa shape index (κ1) is 14.2. The van der Waals surface area contributed by atoms with Gasteiger partial charge in [0.05, 0.1) is 12.7 Å². The third-order valence-corrected chi connectivity index (χ3v) is 3.77. The van der Waals surface area contributed by atoms with E-state index in [1.165, 1.54) is 11.9 Å². The summed E-state index contributed by atoms with van der Waals surface area (Å²) in [4.78, 5) is 14.2. The summed E-state index contributed by atoms with van der Waals surface area (Å²) in [7, 11) is 0. The molecule has 110 valence electrons. The highest BCUT2D eigenvalue weighted by molar-refractivity contribution is 6.28. The average Bonchev–Trinajstić information content (AvgIpc) is 2.54. The van der Waals surface area contributed by atoms with Gasteiger partial charge in [0.1, 0.15) is 6.33 Å². The maximum Gasteiger partial charge on any atom is 0.229 e. The van der Waals surface area contributed by atoms with Gasteiger partial charge in [0.25, 0.3) is 0 Å². The van der Waals surface area contributed by atoms with Gasteiger partial charge in [-0.3, -0.25) is 0 Å². The molecule has 1 aliphatic heterocycles. The van der Waals surface area contributed by atoms with Crippen LogP contribution in [0.4, 0.5) is 5.95 Å². The summed E-state index contributed by atoms with van der Waals surface area (Å²) < 4.78 is 5.97. The Labute approximate surface area is 129 Å². The lowest BCUT2D eigenvalue weighted by Gasteiger charge is -2.31. The van der Waals surface area contributed by atoms with Gasteiger partial charge in [-0.25, -0.2) is 9.97 Å². The fraction of sp³-hybridized carbons (Fsp3) is 0.400. The largest absolute Gasteiger partial charge is 0.373 e. The number of halogens is 1. The number of ether oxygens (including phenoxy) is 1. The molecule has 0 saturated carbocycles. The highest BCUT2D eigenvalue weighted by Gasteiger charge is 2.21. The highest BCUT2D eigenvalue weighted by Crippen LogP contribution is 2.19. The minimum absolute atomic E-state index is 0.238. The van der Waals surface area contributed by atoms with E-state index >= 15 is 0 Å². The Morgan fingerprint density at radius 2 is 1.90 bits per heavy atom. The summed E-state index contributed by atoms with van der Waals surface area (Å²) in [5.41, 5.74) is 1.21. The summed E-state index contributed by atoms with van der Waals surface area (Å²) in [6, 6.07) is 10.3. The Bertz CT molecular complexity index is 573. The molecule has 2 aromatic rings. The Balaban J connectivity index is 1.49. The molecule has 1 aliphatic rings. The summed E-state index contributed by atoms with van der Waals surface area (Å²) in [5.74, 6) is 0.650. The first-order valence-corrected chi connectivity index (χ1v) is 7.44. The van der Waals surface area contributed by atoms with Crippen molar-refractivity contribution in [3.8, 4) is 0 Å². The van der Waals surface area contributed by atoms with Crippen molar-refractivity contribution in [2.45, 2.75) is 25.6 Å². The van der Waals surface area contributed by atoms with E-state index in [2.05, 4.69) is 32.0 Å². The lowest BCUT2D eigenvalue weighted by atomic mass is 10.1. The lowest BCUT2D eigenvalue weighted by Crippen LogP contribution is -2.38. The SMILES string of the molecule is Clc1ncnc(N2CCC(OCc3ccccc3)CC2)n1. The average molecular weight is 305 g/mol. The van der Waals surface area contributed by atoms with Crippen LogP contribution in [0.3, 0.4) is 0 Å². The van der Waals surface area contributed by atoms with E-state index in [1.807, 2.05) is 18.2 Å². The van der Waals surface area contributed by atoms with Crippen LogP contribution in [0.15, 0.2) is 36.7 Å². The molecule has 0 bridgehead atoms. The number of hydrogen-bond acceptors (Lipinski definition) is 5. The van der Waals surface area contributed by atoms with Crippen molar-refractivity contribution in [2.24, 2.45) is 0 Å². The molecule has 0 aliphatic carbocycles. The molecule has 0 spiro atoms. The van der Waals surface area contributed by atoms with E-state index in [0.29, 0.717) is 18.7 Å². The van der Waals surface area contributed by atoms with Gasteiger partial charge >= 0.3 is 0 Å². The maximum absolute atomic E-state index is 5.97. The normalized spacial score (nSPS) is 16.1. The highest BCUT2D eigenvalue weighted by atomic mass is 35.5. The number of rotatable bonds is 4. The molecule has 0 radical (unpaired) electrons. The van der Waals surface area contributed by atoms with Gasteiger partial charge in [-0.1, -0.05) is 30.3 Å². The van der Waals surface area contributed by atoms with Gasteiger partial charge in [-0.15, -0.1) is 0 Å². The lowest BCUT2D eigenvalue weighted by molar-refractivity contribution is 0.0249. The third-order valence-electron chi connectivity index (χ3n) is 3.58. The number of anilines is 1. The van der Waals surface area contributed by atoms with Crippen LogP contribution in [-0.2, 0) is 11.3 Å². The van der Waals surface area contributed by atoms with Gasteiger partial charge in [-0.05, 0) is 30.0 Å². The molecule has 1 aromatic heterocycles. The summed E-state index contributed by atoms with van der Waals surface area (Å²) in [5, 5.41) is 0.238. The smallest absolute Gasteiger partial charge is 0.229 e. The van der Waals surface area contributed by atoms with Crippen LogP contribution in [-0.4, -0.2) is 34.1 Å². The van der Waals surface area contributed by atoms with Gasteiger partial charge in [0.2, 0.25) is 11.2 Å². The first-order chi connectivity index (χ1) is 10.3. The molecular formula is C15H17ClN4O. The number of nitrogens with zero attached hydrogens (tertiary/aromatic N) is 4.